The molecule has 1 unspecified atom stereocenters. The Bertz CT molecular complexity index is 905. The summed E-state index contributed by atoms with van der Waals surface area (Å²) in [6, 6.07) is 17.1. The molecule has 3 aromatic rings. The molecule has 0 radical (unpaired) electrons. The number of nitrogens with one attached hydrogen (secondary N) is 2. The van der Waals surface area contributed by atoms with Gasteiger partial charge in [0, 0.05) is 11.3 Å². The van der Waals surface area contributed by atoms with Gasteiger partial charge in [-0.1, -0.05) is 42.5 Å². The second-order valence-corrected chi connectivity index (χ2v) is 5.79. The van der Waals surface area contributed by atoms with Gasteiger partial charge in [0.15, 0.2) is 17.3 Å². The van der Waals surface area contributed by atoms with E-state index in [9.17, 15) is 4.79 Å². The molecule has 1 atom stereocenters. The van der Waals surface area contributed by atoms with E-state index in [0.29, 0.717) is 17.3 Å². The third kappa shape index (κ3) is 2.94. The van der Waals surface area contributed by atoms with E-state index in [1.54, 1.807) is 6.07 Å². The van der Waals surface area contributed by atoms with Crippen molar-refractivity contribution in [3.05, 3.63) is 60.3 Å². The van der Waals surface area contributed by atoms with Crippen molar-refractivity contribution >= 4 is 11.7 Å². The standard InChI is InChI=1S/C19H17N3O3/c1-12-17(13-7-3-2-4-8-13)18(22-21-12)20-19(23)16-11-24-14-9-5-6-10-15(14)25-16/h2-10,16H,11H2,1H3,(H2,20,21,22,23). The van der Waals surface area contributed by atoms with Gasteiger partial charge in [-0.15, -0.1) is 0 Å². The van der Waals surface area contributed by atoms with Crippen LogP contribution in [0.2, 0.25) is 0 Å². The van der Waals surface area contributed by atoms with Crippen LogP contribution < -0.4 is 14.8 Å². The Morgan fingerprint density at radius 1 is 1.12 bits per heavy atom. The van der Waals surface area contributed by atoms with Crippen LogP contribution in [0.3, 0.4) is 0 Å². The lowest BCUT2D eigenvalue weighted by molar-refractivity contribution is -0.125. The van der Waals surface area contributed by atoms with Crippen LogP contribution in [0, 0.1) is 6.92 Å². The van der Waals surface area contributed by atoms with Crippen LogP contribution in [-0.4, -0.2) is 28.8 Å². The van der Waals surface area contributed by atoms with Gasteiger partial charge in [-0.2, -0.15) is 5.10 Å². The Kier molecular flexibility index (Phi) is 3.85. The van der Waals surface area contributed by atoms with Gasteiger partial charge in [-0.05, 0) is 24.6 Å². The highest BCUT2D eigenvalue weighted by molar-refractivity contribution is 5.97. The molecule has 0 saturated carbocycles. The maximum atomic E-state index is 12.6. The summed E-state index contributed by atoms with van der Waals surface area (Å²) in [7, 11) is 0. The minimum Gasteiger partial charge on any atom is -0.485 e. The Morgan fingerprint density at radius 3 is 2.64 bits per heavy atom. The molecule has 0 saturated heterocycles. The van der Waals surface area contributed by atoms with Crippen LogP contribution in [0.5, 0.6) is 11.5 Å². The van der Waals surface area contributed by atoms with Crippen molar-refractivity contribution in [1.29, 1.82) is 0 Å². The van der Waals surface area contributed by atoms with Crippen LogP contribution in [0.25, 0.3) is 11.1 Å². The van der Waals surface area contributed by atoms with Gasteiger partial charge in [-0.3, -0.25) is 9.89 Å². The molecule has 126 valence electrons. The summed E-state index contributed by atoms with van der Waals surface area (Å²) in [4.78, 5) is 12.6. The lowest BCUT2D eigenvalue weighted by Gasteiger charge is -2.25. The van der Waals surface area contributed by atoms with Crippen LogP contribution in [-0.2, 0) is 4.79 Å². The molecule has 6 nitrogen and oxygen atoms in total. The average Bonchev–Trinajstić information content (AvgIpc) is 3.02. The molecule has 2 N–H and O–H groups in total. The van der Waals surface area contributed by atoms with E-state index in [-0.39, 0.29) is 12.5 Å². The number of aryl methyl sites for hydroxylation is 1. The van der Waals surface area contributed by atoms with Crippen molar-refractivity contribution in [1.82, 2.24) is 10.2 Å². The molecular weight excluding hydrogens is 318 g/mol. The van der Waals surface area contributed by atoms with Crippen molar-refractivity contribution < 1.29 is 14.3 Å². The minimum atomic E-state index is -0.726. The van der Waals surface area contributed by atoms with Crippen LogP contribution in [0.4, 0.5) is 5.82 Å². The van der Waals surface area contributed by atoms with Crippen LogP contribution in [0.1, 0.15) is 5.69 Å². The molecule has 2 aromatic carbocycles. The smallest absolute Gasteiger partial charge is 0.270 e. The first-order valence-electron chi connectivity index (χ1n) is 8.02. The zero-order valence-electron chi connectivity index (χ0n) is 13.7. The van der Waals surface area contributed by atoms with E-state index < -0.39 is 6.10 Å². The van der Waals surface area contributed by atoms with Crippen molar-refractivity contribution in [2.24, 2.45) is 0 Å². The number of ether oxygens (including phenoxy) is 2. The summed E-state index contributed by atoms with van der Waals surface area (Å²) in [6.07, 6.45) is -0.726. The first-order chi connectivity index (χ1) is 12.2. The number of H-pyrrole nitrogens is 1. The molecule has 1 amide bonds. The van der Waals surface area contributed by atoms with Gasteiger partial charge in [0.25, 0.3) is 5.91 Å². The second kappa shape index (κ2) is 6.32. The molecular formula is C19H17N3O3. The highest BCUT2D eigenvalue weighted by Crippen LogP contribution is 2.32. The highest BCUT2D eigenvalue weighted by atomic mass is 16.6. The predicted molar refractivity (Wildman–Crippen MR) is 93.7 cm³/mol. The largest absolute Gasteiger partial charge is 0.485 e. The summed E-state index contributed by atoms with van der Waals surface area (Å²) in [5.74, 6) is 1.40. The predicted octanol–water partition coefficient (Wildman–Crippen LogP) is 3.16. The minimum absolute atomic E-state index is 0.160. The molecule has 25 heavy (non-hydrogen) atoms. The van der Waals surface area contributed by atoms with Crippen molar-refractivity contribution in [3.63, 3.8) is 0 Å². The Hall–Kier alpha value is -3.28. The van der Waals surface area contributed by atoms with Crippen molar-refractivity contribution in [2.75, 3.05) is 11.9 Å². The summed E-state index contributed by atoms with van der Waals surface area (Å²) in [5.41, 5.74) is 2.73. The Labute approximate surface area is 144 Å². The quantitative estimate of drug-likeness (QED) is 0.771. The SMILES string of the molecule is Cc1[nH]nc(NC(=O)C2COc3ccccc3O2)c1-c1ccccc1. The van der Waals surface area contributed by atoms with Gasteiger partial charge in [0.2, 0.25) is 6.10 Å². The van der Waals surface area contributed by atoms with Gasteiger partial charge >= 0.3 is 0 Å². The molecule has 4 rings (SSSR count). The number of aromatic nitrogens is 2. The molecule has 2 heterocycles. The maximum absolute atomic E-state index is 12.6. The normalized spacial score (nSPS) is 15.6. The highest BCUT2D eigenvalue weighted by Gasteiger charge is 2.28. The first kappa shape index (κ1) is 15.3. The first-order valence-corrected chi connectivity index (χ1v) is 8.02. The third-order valence-corrected chi connectivity index (χ3v) is 4.05. The van der Waals surface area contributed by atoms with E-state index in [0.717, 1.165) is 16.8 Å². The summed E-state index contributed by atoms with van der Waals surface area (Å²) < 4.78 is 11.3. The number of hydrogen-bond donors (Lipinski definition) is 2. The van der Waals surface area contributed by atoms with E-state index in [1.165, 1.54) is 0 Å². The third-order valence-electron chi connectivity index (χ3n) is 4.05. The molecule has 0 spiro atoms. The number of carbonyl (C=O) groups is 1. The van der Waals surface area contributed by atoms with Crippen molar-refractivity contribution in [3.8, 4) is 22.6 Å². The summed E-state index contributed by atoms with van der Waals surface area (Å²) in [6.45, 7) is 2.08. The van der Waals surface area contributed by atoms with Gasteiger partial charge in [0.05, 0.1) is 0 Å². The number of nitrogens with zero attached hydrogens (tertiary/aromatic N) is 1. The number of benzene rings is 2. The molecule has 0 bridgehead atoms. The Balaban J connectivity index is 1.55. The molecule has 1 aliphatic rings. The number of carbonyl (C=O) groups excluding carboxylic acids is 1. The molecule has 0 aliphatic carbocycles. The van der Waals surface area contributed by atoms with Crippen LogP contribution in [0.15, 0.2) is 54.6 Å². The average molecular weight is 335 g/mol. The fourth-order valence-corrected chi connectivity index (χ4v) is 2.82. The zero-order valence-corrected chi connectivity index (χ0v) is 13.7. The number of para-hydroxylation sites is 2. The monoisotopic (exact) mass is 335 g/mol. The van der Waals surface area contributed by atoms with Crippen LogP contribution >= 0.6 is 0 Å². The Morgan fingerprint density at radius 2 is 1.84 bits per heavy atom. The fraction of sp³-hybridized carbons (Fsp3) is 0.158. The molecule has 1 aliphatic heterocycles. The van der Waals surface area contributed by atoms with Gasteiger partial charge in [0.1, 0.15) is 6.61 Å². The molecule has 1 aromatic heterocycles. The molecule has 6 heteroatoms. The van der Waals surface area contributed by atoms with E-state index in [1.807, 2.05) is 55.5 Å². The number of fused-ring (bicyclic) bond motifs is 1. The molecule has 0 fully saturated rings. The topological polar surface area (TPSA) is 76.2 Å². The number of rotatable bonds is 3. The lowest BCUT2D eigenvalue weighted by Crippen LogP contribution is -2.40. The van der Waals surface area contributed by atoms with E-state index in [4.69, 9.17) is 9.47 Å². The second-order valence-electron chi connectivity index (χ2n) is 5.79. The summed E-state index contributed by atoms with van der Waals surface area (Å²) >= 11 is 0. The summed E-state index contributed by atoms with van der Waals surface area (Å²) in [5, 5.41) is 9.98. The van der Waals surface area contributed by atoms with Gasteiger partial charge in [-0.25, -0.2) is 0 Å². The number of amides is 1. The van der Waals surface area contributed by atoms with Crippen molar-refractivity contribution in [2.45, 2.75) is 13.0 Å². The number of hydrogen-bond acceptors (Lipinski definition) is 4. The van der Waals surface area contributed by atoms with E-state index in [2.05, 4.69) is 15.5 Å². The number of aromatic amines is 1. The fourth-order valence-electron chi connectivity index (χ4n) is 2.82. The van der Waals surface area contributed by atoms with Gasteiger partial charge < -0.3 is 14.8 Å². The number of anilines is 1. The van der Waals surface area contributed by atoms with E-state index >= 15 is 0 Å². The maximum Gasteiger partial charge on any atom is 0.270 e. The lowest BCUT2D eigenvalue weighted by atomic mass is 10.1. The zero-order chi connectivity index (χ0) is 17.2.